The minimum atomic E-state index is 0.270. The molecule has 1 rings (SSSR count). The van der Waals surface area contributed by atoms with Crippen molar-refractivity contribution in [2.24, 2.45) is 0 Å². The molecular weight excluding hydrogens is 126 g/mol. The molecule has 0 aliphatic carbocycles. The molecule has 0 radical (unpaired) electrons. The van der Waals surface area contributed by atoms with E-state index in [-0.39, 0.29) is 5.78 Å². The van der Waals surface area contributed by atoms with Crippen molar-refractivity contribution in [1.82, 2.24) is 5.32 Å². The van der Waals surface area contributed by atoms with Gasteiger partial charge in [-0.1, -0.05) is 5.57 Å². The SMILES string of the molecule is CC(C)=C1CCNCC1=O. The molecule has 0 bridgehead atoms. The molecule has 0 aromatic rings. The van der Waals surface area contributed by atoms with E-state index < -0.39 is 0 Å². The van der Waals surface area contributed by atoms with Gasteiger partial charge in [0.05, 0.1) is 6.54 Å². The molecule has 1 fully saturated rings. The van der Waals surface area contributed by atoms with Gasteiger partial charge in [0.25, 0.3) is 0 Å². The lowest BCUT2D eigenvalue weighted by molar-refractivity contribution is -0.115. The van der Waals surface area contributed by atoms with Gasteiger partial charge in [-0.25, -0.2) is 0 Å². The first-order valence-electron chi connectivity index (χ1n) is 3.62. The first-order chi connectivity index (χ1) is 4.72. The summed E-state index contributed by atoms with van der Waals surface area (Å²) in [5, 5.41) is 3.04. The molecule has 1 N–H and O–H groups in total. The zero-order chi connectivity index (χ0) is 7.56. The number of ketones is 1. The van der Waals surface area contributed by atoms with Crippen LogP contribution in [0.4, 0.5) is 0 Å². The molecule has 1 heterocycles. The first kappa shape index (κ1) is 7.48. The minimum Gasteiger partial charge on any atom is -0.309 e. The van der Waals surface area contributed by atoms with E-state index in [9.17, 15) is 4.79 Å². The van der Waals surface area contributed by atoms with E-state index in [2.05, 4.69) is 5.32 Å². The zero-order valence-electron chi connectivity index (χ0n) is 6.53. The predicted molar refractivity (Wildman–Crippen MR) is 40.9 cm³/mol. The highest BCUT2D eigenvalue weighted by atomic mass is 16.1. The molecule has 2 nitrogen and oxygen atoms in total. The molecule has 0 saturated carbocycles. The van der Waals surface area contributed by atoms with Crippen molar-refractivity contribution in [2.75, 3.05) is 13.1 Å². The molecule has 10 heavy (non-hydrogen) atoms. The third kappa shape index (κ3) is 1.45. The highest BCUT2D eigenvalue weighted by Crippen LogP contribution is 2.11. The maximum Gasteiger partial charge on any atom is 0.172 e. The molecule has 0 unspecified atom stereocenters. The molecular formula is C8H13NO. The topological polar surface area (TPSA) is 29.1 Å². The summed E-state index contributed by atoms with van der Waals surface area (Å²) in [6, 6.07) is 0. The standard InChI is InChI=1S/C8H13NO/c1-6(2)7-3-4-9-5-8(7)10/h9H,3-5H2,1-2H3. The van der Waals surface area contributed by atoms with Crippen molar-refractivity contribution in [1.29, 1.82) is 0 Å². The van der Waals surface area contributed by atoms with E-state index in [4.69, 9.17) is 0 Å². The van der Waals surface area contributed by atoms with Crippen LogP contribution in [-0.2, 0) is 4.79 Å². The van der Waals surface area contributed by atoms with Gasteiger partial charge in [-0.3, -0.25) is 4.79 Å². The maximum atomic E-state index is 11.1. The minimum absolute atomic E-state index is 0.270. The van der Waals surface area contributed by atoms with Gasteiger partial charge >= 0.3 is 0 Å². The first-order valence-corrected chi connectivity index (χ1v) is 3.62. The Morgan fingerprint density at radius 2 is 2.20 bits per heavy atom. The van der Waals surface area contributed by atoms with Crippen molar-refractivity contribution in [3.8, 4) is 0 Å². The Morgan fingerprint density at radius 3 is 2.60 bits per heavy atom. The van der Waals surface area contributed by atoms with E-state index in [1.807, 2.05) is 13.8 Å². The third-order valence-corrected chi connectivity index (χ3v) is 1.78. The molecule has 56 valence electrons. The fourth-order valence-electron chi connectivity index (χ4n) is 1.19. The second kappa shape index (κ2) is 2.97. The van der Waals surface area contributed by atoms with E-state index in [1.165, 1.54) is 5.57 Å². The average molecular weight is 139 g/mol. The Kier molecular flexibility index (Phi) is 2.22. The molecule has 2 heteroatoms. The maximum absolute atomic E-state index is 11.1. The second-order valence-corrected chi connectivity index (χ2v) is 2.83. The molecule has 0 spiro atoms. The molecule has 1 aliphatic rings. The summed E-state index contributed by atoms with van der Waals surface area (Å²) in [6.45, 7) is 5.48. The van der Waals surface area contributed by atoms with Crippen molar-refractivity contribution in [2.45, 2.75) is 20.3 Å². The van der Waals surface area contributed by atoms with Gasteiger partial charge in [-0.2, -0.15) is 0 Å². The van der Waals surface area contributed by atoms with Gasteiger partial charge in [0.1, 0.15) is 0 Å². The van der Waals surface area contributed by atoms with Gasteiger partial charge < -0.3 is 5.32 Å². The lowest BCUT2D eigenvalue weighted by Crippen LogP contribution is -2.32. The lowest BCUT2D eigenvalue weighted by Gasteiger charge is -2.15. The van der Waals surface area contributed by atoms with Crippen LogP contribution >= 0.6 is 0 Å². The third-order valence-electron chi connectivity index (χ3n) is 1.78. The van der Waals surface area contributed by atoms with Crippen LogP contribution in [0.3, 0.4) is 0 Å². The van der Waals surface area contributed by atoms with E-state index in [0.29, 0.717) is 6.54 Å². The summed E-state index contributed by atoms with van der Waals surface area (Å²) in [5.74, 6) is 0.270. The summed E-state index contributed by atoms with van der Waals surface area (Å²) < 4.78 is 0. The summed E-state index contributed by atoms with van der Waals surface area (Å²) in [4.78, 5) is 11.1. The summed E-state index contributed by atoms with van der Waals surface area (Å²) in [5.41, 5.74) is 2.20. The van der Waals surface area contributed by atoms with E-state index in [1.54, 1.807) is 0 Å². The van der Waals surface area contributed by atoms with Crippen molar-refractivity contribution < 1.29 is 4.79 Å². The highest BCUT2D eigenvalue weighted by molar-refractivity contribution is 5.98. The lowest BCUT2D eigenvalue weighted by atomic mass is 10.00. The molecule has 1 aliphatic heterocycles. The number of hydrogen-bond acceptors (Lipinski definition) is 2. The van der Waals surface area contributed by atoms with E-state index in [0.717, 1.165) is 18.5 Å². The highest BCUT2D eigenvalue weighted by Gasteiger charge is 2.14. The molecule has 0 aromatic heterocycles. The van der Waals surface area contributed by atoms with Crippen LogP contribution in [-0.4, -0.2) is 18.9 Å². The summed E-state index contributed by atoms with van der Waals surface area (Å²) in [6.07, 6.45) is 0.904. The predicted octanol–water partition coefficient (Wildman–Crippen LogP) is 0.885. The quantitative estimate of drug-likeness (QED) is 0.505. The van der Waals surface area contributed by atoms with Crippen LogP contribution in [0.15, 0.2) is 11.1 Å². The number of carbonyl (C=O) groups excluding carboxylic acids is 1. The summed E-state index contributed by atoms with van der Waals surface area (Å²) >= 11 is 0. The summed E-state index contributed by atoms with van der Waals surface area (Å²) in [7, 11) is 0. The normalized spacial score (nSPS) is 19.4. The van der Waals surface area contributed by atoms with Crippen molar-refractivity contribution >= 4 is 5.78 Å². The number of Topliss-reactive ketones (excluding diaryl/α,β-unsaturated/α-hetero) is 1. The van der Waals surface area contributed by atoms with Crippen LogP contribution in [0, 0.1) is 0 Å². The van der Waals surface area contributed by atoms with Crippen LogP contribution in [0.25, 0.3) is 0 Å². The van der Waals surface area contributed by atoms with Crippen LogP contribution in [0.2, 0.25) is 0 Å². The van der Waals surface area contributed by atoms with Crippen LogP contribution in [0.5, 0.6) is 0 Å². The van der Waals surface area contributed by atoms with Gasteiger partial charge in [0.2, 0.25) is 0 Å². The number of piperidine rings is 1. The zero-order valence-corrected chi connectivity index (χ0v) is 6.53. The number of allylic oxidation sites excluding steroid dienone is 1. The fraction of sp³-hybridized carbons (Fsp3) is 0.625. The average Bonchev–Trinajstić information content (AvgIpc) is 1.88. The van der Waals surface area contributed by atoms with Crippen molar-refractivity contribution in [3.63, 3.8) is 0 Å². The van der Waals surface area contributed by atoms with Gasteiger partial charge in [-0.05, 0) is 32.4 Å². The fourth-order valence-corrected chi connectivity index (χ4v) is 1.19. The second-order valence-electron chi connectivity index (χ2n) is 2.83. The van der Waals surface area contributed by atoms with Gasteiger partial charge in [-0.15, -0.1) is 0 Å². The molecule has 1 saturated heterocycles. The Hall–Kier alpha value is -0.630. The van der Waals surface area contributed by atoms with Gasteiger partial charge in [0, 0.05) is 0 Å². The number of nitrogens with one attached hydrogen (secondary N) is 1. The van der Waals surface area contributed by atoms with Gasteiger partial charge in [0.15, 0.2) is 5.78 Å². The Bertz CT molecular complexity index is 178. The molecule has 0 atom stereocenters. The number of rotatable bonds is 0. The molecule has 0 aromatic carbocycles. The van der Waals surface area contributed by atoms with Crippen LogP contribution < -0.4 is 5.32 Å². The van der Waals surface area contributed by atoms with Crippen molar-refractivity contribution in [3.05, 3.63) is 11.1 Å². The van der Waals surface area contributed by atoms with Crippen LogP contribution in [0.1, 0.15) is 20.3 Å². The monoisotopic (exact) mass is 139 g/mol. The molecule has 0 amide bonds. The Balaban J connectivity index is 2.75. The Morgan fingerprint density at radius 1 is 1.50 bits per heavy atom. The Labute approximate surface area is 61.3 Å². The van der Waals surface area contributed by atoms with E-state index >= 15 is 0 Å². The number of carbonyl (C=O) groups is 1. The number of hydrogen-bond donors (Lipinski definition) is 1. The largest absolute Gasteiger partial charge is 0.309 e. The smallest absolute Gasteiger partial charge is 0.172 e.